The molecular weight excluding hydrogens is 244 g/mol. The van der Waals surface area contributed by atoms with Crippen LogP contribution in [0.4, 0.5) is 0 Å². The maximum absolute atomic E-state index is 5.19. The Morgan fingerprint density at radius 2 is 1.95 bits per heavy atom. The molecule has 6 nitrogen and oxygen atoms in total. The lowest BCUT2D eigenvalue weighted by Gasteiger charge is -1.99. The van der Waals surface area contributed by atoms with E-state index in [9.17, 15) is 0 Å². The number of ether oxygens (including phenoxy) is 1. The van der Waals surface area contributed by atoms with Crippen molar-refractivity contribution in [1.29, 1.82) is 0 Å². The molecular formula is C13H18N4O2. The highest BCUT2D eigenvalue weighted by Crippen LogP contribution is 2.17. The molecule has 0 amide bonds. The van der Waals surface area contributed by atoms with E-state index in [0.717, 1.165) is 23.5 Å². The van der Waals surface area contributed by atoms with Crippen LogP contribution in [-0.2, 0) is 11.3 Å². The molecule has 1 N–H and O–H groups in total. The number of nitrogens with one attached hydrogen (secondary N) is 1. The van der Waals surface area contributed by atoms with Crippen LogP contribution in [0.5, 0.6) is 0 Å². The Labute approximate surface area is 112 Å². The van der Waals surface area contributed by atoms with Crippen molar-refractivity contribution in [1.82, 2.24) is 20.4 Å². The van der Waals surface area contributed by atoms with Gasteiger partial charge in [-0.05, 0) is 26.0 Å². The maximum Gasteiger partial charge on any atom is 0.240 e. The molecule has 0 saturated heterocycles. The maximum atomic E-state index is 5.19. The minimum atomic E-state index is 0.541. The third kappa shape index (κ3) is 3.84. The zero-order chi connectivity index (χ0) is 13.7. The fourth-order valence-electron chi connectivity index (χ4n) is 1.78. The predicted octanol–water partition coefficient (Wildman–Crippen LogP) is 1.48. The number of hydrogen-bond acceptors (Lipinski definition) is 6. The van der Waals surface area contributed by atoms with Gasteiger partial charge in [0.2, 0.25) is 11.7 Å². The Morgan fingerprint density at radius 1 is 1.21 bits per heavy atom. The van der Waals surface area contributed by atoms with Crippen LogP contribution in [0.3, 0.4) is 0 Å². The summed E-state index contributed by atoms with van der Waals surface area (Å²) in [5.41, 5.74) is 2.82. The highest BCUT2D eigenvalue weighted by atomic mass is 16.5. The lowest BCUT2D eigenvalue weighted by molar-refractivity contribution is 0.197. The van der Waals surface area contributed by atoms with Crippen molar-refractivity contribution < 1.29 is 9.26 Å². The van der Waals surface area contributed by atoms with E-state index in [-0.39, 0.29) is 0 Å². The summed E-state index contributed by atoms with van der Waals surface area (Å²) >= 11 is 0. The predicted molar refractivity (Wildman–Crippen MR) is 70.6 cm³/mol. The van der Waals surface area contributed by atoms with Crippen molar-refractivity contribution >= 4 is 0 Å². The average molecular weight is 262 g/mol. The van der Waals surface area contributed by atoms with Crippen molar-refractivity contribution in [3.05, 3.63) is 29.4 Å². The van der Waals surface area contributed by atoms with E-state index in [2.05, 4.69) is 20.4 Å². The molecule has 2 aromatic rings. The number of methoxy groups -OCH3 is 1. The highest BCUT2D eigenvalue weighted by molar-refractivity contribution is 5.55. The molecule has 0 fully saturated rings. The van der Waals surface area contributed by atoms with Crippen LogP contribution in [0.15, 0.2) is 16.7 Å². The van der Waals surface area contributed by atoms with Gasteiger partial charge in [-0.2, -0.15) is 4.98 Å². The van der Waals surface area contributed by atoms with E-state index >= 15 is 0 Å². The van der Waals surface area contributed by atoms with Gasteiger partial charge in [0, 0.05) is 30.6 Å². The van der Waals surface area contributed by atoms with Gasteiger partial charge in [-0.25, -0.2) is 0 Å². The fourth-order valence-corrected chi connectivity index (χ4v) is 1.78. The Morgan fingerprint density at radius 3 is 2.63 bits per heavy atom. The summed E-state index contributed by atoms with van der Waals surface area (Å²) in [4.78, 5) is 8.68. The second kappa shape index (κ2) is 6.40. The fraction of sp³-hybridized carbons (Fsp3) is 0.462. The van der Waals surface area contributed by atoms with Gasteiger partial charge in [0.05, 0.1) is 13.2 Å². The molecule has 0 aliphatic carbocycles. The summed E-state index contributed by atoms with van der Waals surface area (Å²) in [6.45, 7) is 5.85. The van der Waals surface area contributed by atoms with Gasteiger partial charge in [0.25, 0.3) is 0 Å². The molecule has 0 radical (unpaired) electrons. The summed E-state index contributed by atoms with van der Waals surface area (Å²) in [5, 5.41) is 7.14. The van der Waals surface area contributed by atoms with E-state index in [1.807, 2.05) is 26.0 Å². The Kier molecular flexibility index (Phi) is 4.59. The molecule has 2 aromatic heterocycles. The first-order chi connectivity index (χ1) is 9.19. The third-order valence-corrected chi connectivity index (χ3v) is 2.57. The lowest BCUT2D eigenvalue weighted by atomic mass is 10.2. The van der Waals surface area contributed by atoms with Crippen LogP contribution in [-0.4, -0.2) is 35.4 Å². The Bertz CT molecular complexity index is 519. The van der Waals surface area contributed by atoms with E-state index in [1.54, 1.807) is 7.11 Å². The second-order valence-electron chi connectivity index (χ2n) is 4.32. The number of hydrogen-bond donors (Lipinski definition) is 1. The number of rotatable bonds is 6. The minimum absolute atomic E-state index is 0.541. The Hall–Kier alpha value is -1.79. The SMILES string of the molecule is COCCNCc1nc(-c2cc(C)nc(C)c2)no1. The number of aromatic nitrogens is 3. The molecule has 102 valence electrons. The van der Waals surface area contributed by atoms with Gasteiger partial charge in [-0.3, -0.25) is 4.98 Å². The summed E-state index contributed by atoms with van der Waals surface area (Å²) in [6.07, 6.45) is 0. The molecule has 2 heterocycles. The third-order valence-electron chi connectivity index (χ3n) is 2.57. The van der Waals surface area contributed by atoms with Crippen molar-refractivity contribution in [2.75, 3.05) is 20.3 Å². The van der Waals surface area contributed by atoms with Gasteiger partial charge in [0.1, 0.15) is 0 Å². The van der Waals surface area contributed by atoms with Gasteiger partial charge in [0.15, 0.2) is 0 Å². The smallest absolute Gasteiger partial charge is 0.240 e. The lowest BCUT2D eigenvalue weighted by Crippen LogP contribution is -2.18. The first kappa shape index (κ1) is 13.6. The molecule has 0 aliphatic rings. The molecule has 0 aliphatic heterocycles. The van der Waals surface area contributed by atoms with Gasteiger partial charge >= 0.3 is 0 Å². The van der Waals surface area contributed by atoms with Gasteiger partial charge in [-0.1, -0.05) is 5.16 Å². The summed E-state index contributed by atoms with van der Waals surface area (Å²) in [6, 6.07) is 3.89. The van der Waals surface area contributed by atoms with Crippen molar-refractivity contribution in [3.8, 4) is 11.4 Å². The molecule has 0 unspecified atom stereocenters. The molecule has 6 heteroatoms. The first-order valence-corrected chi connectivity index (χ1v) is 6.17. The zero-order valence-corrected chi connectivity index (χ0v) is 11.4. The highest BCUT2D eigenvalue weighted by Gasteiger charge is 2.09. The summed E-state index contributed by atoms with van der Waals surface area (Å²) < 4.78 is 10.1. The number of nitrogens with zero attached hydrogens (tertiary/aromatic N) is 3. The average Bonchev–Trinajstić information content (AvgIpc) is 2.82. The van der Waals surface area contributed by atoms with Crippen molar-refractivity contribution in [2.45, 2.75) is 20.4 Å². The molecule has 0 atom stereocenters. The van der Waals surface area contributed by atoms with Crippen LogP contribution in [0.2, 0.25) is 0 Å². The van der Waals surface area contributed by atoms with Crippen molar-refractivity contribution in [2.24, 2.45) is 0 Å². The van der Waals surface area contributed by atoms with Gasteiger partial charge in [-0.15, -0.1) is 0 Å². The molecule has 0 bridgehead atoms. The Balaban J connectivity index is 2.03. The first-order valence-electron chi connectivity index (χ1n) is 6.17. The van der Waals surface area contributed by atoms with Crippen LogP contribution in [0.1, 0.15) is 17.3 Å². The summed E-state index contributed by atoms with van der Waals surface area (Å²) in [5.74, 6) is 1.16. The second-order valence-corrected chi connectivity index (χ2v) is 4.32. The quantitative estimate of drug-likeness (QED) is 0.795. The molecule has 0 spiro atoms. The van der Waals surface area contributed by atoms with Crippen molar-refractivity contribution in [3.63, 3.8) is 0 Å². The largest absolute Gasteiger partial charge is 0.383 e. The monoisotopic (exact) mass is 262 g/mol. The number of aryl methyl sites for hydroxylation is 2. The molecule has 2 rings (SSSR count). The number of pyridine rings is 1. The minimum Gasteiger partial charge on any atom is -0.383 e. The van der Waals surface area contributed by atoms with E-state index in [4.69, 9.17) is 9.26 Å². The van der Waals surface area contributed by atoms with E-state index in [0.29, 0.717) is 24.9 Å². The van der Waals surface area contributed by atoms with Crippen LogP contribution < -0.4 is 5.32 Å². The molecule has 0 saturated carbocycles. The normalized spacial score (nSPS) is 10.9. The van der Waals surface area contributed by atoms with E-state index < -0.39 is 0 Å². The topological polar surface area (TPSA) is 73.1 Å². The van der Waals surface area contributed by atoms with Crippen LogP contribution in [0, 0.1) is 13.8 Å². The van der Waals surface area contributed by atoms with Gasteiger partial charge < -0.3 is 14.6 Å². The van der Waals surface area contributed by atoms with Crippen LogP contribution in [0.25, 0.3) is 11.4 Å². The standard InChI is InChI=1S/C13H18N4O2/c1-9-6-11(7-10(2)15-9)13-16-12(19-17-13)8-14-4-5-18-3/h6-7,14H,4-5,8H2,1-3H3. The molecule has 19 heavy (non-hydrogen) atoms. The zero-order valence-electron chi connectivity index (χ0n) is 11.4. The molecule has 0 aromatic carbocycles. The van der Waals surface area contributed by atoms with Crippen LogP contribution >= 0.6 is 0 Å². The van der Waals surface area contributed by atoms with E-state index in [1.165, 1.54) is 0 Å². The summed E-state index contributed by atoms with van der Waals surface area (Å²) in [7, 11) is 1.67.